The fraction of sp³-hybridized carbons (Fsp3) is 0.533. The second-order valence-corrected chi connectivity index (χ2v) is 5.68. The van der Waals surface area contributed by atoms with Crippen molar-refractivity contribution in [2.45, 2.75) is 39.0 Å². The van der Waals surface area contributed by atoms with Gasteiger partial charge in [0, 0.05) is 6.54 Å². The van der Waals surface area contributed by atoms with E-state index in [2.05, 4.69) is 12.2 Å². The molecule has 1 saturated carbocycles. The number of anilines is 1. The Morgan fingerprint density at radius 2 is 2.10 bits per heavy atom. The minimum absolute atomic E-state index is 0.174. The van der Waals surface area contributed by atoms with Gasteiger partial charge in [-0.2, -0.15) is 0 Å². The smallest absolute Gasteiger partial charge is 0.342 e. The van der Waals surface area contributed by atoms with Crippen LogP contribution in [0.5, 0.6) is 0 Å². The van der Waals surface area contributed by atoms with Crippen LogP contribution in [0.3, 0.4) is 0 Å². The summed E-state index contributed by atoms with van der Waals surface area (Å²) in [6.45, 7) is 2.78. The molecule has 2 rings (SSSR count). The first-order chi connectivity index (χ1) is 9.99. The first kappa shape index (κ1) is 15.3. The average molecular weight is 292 g/mol. The minimum Gasteiger partial charge on any atom is -0.477 e. The molecule has 1 aliphatic rings. The Morgan fingerprint density at radius 3 is 2.62 bits per heavy atom. The Morgan fingerprint density at radius 1 is 1.43 bits per heavy atom. The summed E-state index contributed by atoms with van der Waals surface area (Å²) in [5.41, 5.74) is -0.163. The van der Waals surface area contributed by atoms with Gasteiger partial charge in [0.1, 0.15) is 11.3 Å². The SMILES string of the molecule is CCC1(CNc2cccc(C(=O)O)c2[N+](=O)[O-])CCCC1. The summed E-state index contributed by atoms with van der Waals surface area (Å²) >= 11 is 0. The maximum atomic E-state index is 11.2. The highest BCUT2D eigenvalue weighted by atomic mass is 16.6. The summed E-state index contributed by atoms with van der Waals surface area (Å²) < 4.78 is 0. The van der Waals surface area contributed by atoms with E-state index in [1.807, 2.05) is 0 Å². The van der Waals surface area contributed by atoms with E-state index < -0.39 is 10.9 Å². The Labute approximate surface area is 123 Å². The van der Waals surface area contributed by atoms with Gasteiger partial charge in [-0.25, -0.2) is 4.79 Å². The van der Waals surface area contributed by atoms with Crippen molar-refractivity contribution in [3.05, 3.63) is 33.9 Å². The first-order valence-electron chi connectivity index (χ1n) is 7.24. The number of carbonyl (C=O) groups is 1. The number of carboxylic acid groups (broad SMARTS) is 1. The van der Waals surface area contributed by atoms with Gasteiger partial charge in [0.15, 0.2) is 0 Å². The van der Waals surface area contributed by atoms with Crippen LogP contribution in [0.1, 0.15) is 49.4 Å². The molecule has 1 fully saturated rings. The van der Waals surface area contributed by atoms with Crippen molar-refractivity contribution in [1.82, 2.24) is 0 Å². The van der Waals surface area contributed by atoms with E-state index in [0.29, 0.717) is 12.2 Å². The van der Waals surface area contributed by atoms with Gasteiger partial charge in [0.2, 0.25) is 0 Å². The van der Waals surface area contributed by atoms with Crippen molar-refractivity contribution < 1.29 is 14.8 Å². The lowest BCUT2D eigenvalue weighted by Gasteiger charge is -2.28. The zero-order valence-electron chi connectivity index (χ0n) is 12.1. The molecule has 1 aromatic rings. The van der Waals surface area contributed by atoms with Crippen molar-refractivity contribution >= 4 is 17.3 Å². The maximum Gasteiger partial charge on any atom is 0.342 e. The predicted molar refractivity (Wildman–Crippen MR) is 79.7 cm³/mol. The molecule has 0 bridgehead atoms. The topological polar surface area (TPSA) is 92.5 Å². The van der Waals surface area contributed by atoms with Crippen molar-refractivity contribution in [2.24, 2.45) is 5.41 Å². The summed E-state index contributed by atoms with van der Waals surface area (Å²) in [7, 11) is 0. The number of nitro groups is 1. The number of nitrogens with one attached hydrogen (secondary N) is 1. The number of carboxylic acids is 1. The Kier molecular flexibility index (Phi) is 4.45. The fourth-order valence-electron chi connectivity index (χ4n) is 3.12. The molecule has 0 atom stereocenters. The Balaban J connectivity index is 2.25. The first-order valence-corrected chi connectivity index (χ1v) is 7.24. The third-order valence-corrected chi connectivity index (χ3v) is 4.52. The van der Waals surface area contributed by atoms with E-state index in [9.17, 15) is 14.9 Å². The molecule has 2 N–H and O–H groups in total. The van der Waals surface area contributed by atoms with Gasteiger partial charge >= 0.3 is 11.7 Å². The number of hydrogen-bond acceptors (Lipinski definition) is 4. The quantitative estimate of drug-likeness (QED) is 0.616. The molecule has 114 valence electrons. The van der Waals surface area contributed by atoms with Crippen LogP contribution >= 0.6 is 0 Å². The van der Waals surface area contributed by atoms with Gasteiger partial charge in [-0.05, 0) is 36.8 Å². The van der Waals surface area contributed by atoms with Crippen LogP contribution in [-0.2, 0) is 0 Å². The molecule has 1 aliphatic carbocycles. The lowest BCUT2D eigenvalue weighted by molar-refractivity contribution is -0.384. The van der Waals surface area contributed by atoms with Gasteiger partial charge in [0.25, 0.3) is 0 Å². The molecule has 6 nitrogen and oxygen atoms in total. The highest BCUT2D eigenvalue weighted by molar-refractivity contribution is 5.95. The average Bonchev–Trinajstić information content (AvgIpc) is 2.94. The zero-order chi connectivity index (χ0) is 15.5. The summed E-state index contributed by atoms with van der Waals surface area (Å²) in [6, 6.07) is 4.37. The number of rotatable bonds is 6. The van der Waals surface area contributed by atoms with Crippen molar-refractivity contribution in [2.75, 3.05) is 11.9 Å². The van der Waals surface area contributed by atoms with Crippen molar-refractivity contribution in [1.29, 1.82) is 0 Å². The highest BCUT2D eigenvalue weighted by Gasteiger charge is 2.33. The molecule has 0 saturated heterocycles. The van der Waals surface area contributed by atoms with Crippen LogP contribution in [0.4, 0.5) is 11.4 Å². The monoisotopic (exact) mass is 292 g/mol. The molecule has 0 spiro atoms. The van der Waals surface area contributed by atoms with E-state index >= 15 is 0 Å². The third-order valence-electron chi connectivity index (χ3n) is 4.52. The summed E-state index contributed by atoms with van der Waals surface area (Å²) in [5, 5.41) is 23.4. The molecule has 0 radical (unpaired) electrons. The van der Waals surface area contributed by atoms with Crippen LogP contribution < -0.4 is 5.32 Å². The highest BCUT2D eigenvalue weighted by Crippen LogP contribution is 2.41. The molecule has 6 heteroatoms. The summed E-state index contributed by atoms with van der Waals surface area (Å²) in [6.07, 6.45) is 5.62. The lowest BCUT2D eigenvalue weighted by atomic mass is 9.83. The predicted octanol–water partition coefficient (Wildman–Crippen LogP) is 3.68. The number of nitrogens with zero attached hydrogens (tertiary/aromatic N) is 1. The van der Waals surface area contributed by atoms with Gasteiger partial charge in [-0.3, -0.25) is 10.1 Å². The summed E-state index contributed by atoms with van der Waals surface area (Å²) in [5.74, 6) is -1.28. The van der Waals surface area contributed by atoms with E-state index in [-0.39, 0.29) is 16.7 Å². The molecule has 0 aromatic heterocycles. The molecule has 0 unspecified atom stereocenters. The number of aromatic carboxylic acids is 1. The molecule has 0 heterocycles. The van der Waals surface area contributed by atoms with Gasteiger partial charge < -0.3 is 10.4 Å². The van der Waals surface area contributed by atoms with Gasteiger partial charge in [-0.1, -0.05) is 25.8 Å². The van der Waals surface area contributed by atoms with Crippen LogP contribution in [0, 0.1) is 15.5 Å². The second kappa shape index (κ2) is 6.11. The largest absolute Gasteiger partial charge is 0.477 e. The fourth-order valence-corrected chi connectivity index (χ4v) is 3.12. The molecule has 1 aromatic carbocycles. The molecular formula is C15H20N2O4. The lowest BCUT2D eigenvalue weighted by Crippen LogP contribution is -2.26. The number of nitro benzene ring substituents is 1. The normalized spacial score (nSPS) is 16.6. The Bertz CT molecular complexity index is 551. The maximum absolute atomic E-state index is 11.2. The number of benzene rings is 1. The second-order valence-electron chi connectivity index (χ2n) is 5.68. The van der Waals surface area contributed by atoms with E-state index in [4.69, 9.17) is 5.11 Å². The number of hydrogen-bond donors (Lipinski definition) is 2. The van der Waals surface area contributed by atoms with Crippen LogP contribution in [0.15, 0.2) is 18.2 Å². The van der Waals surface area contributed by atoms with Gasteiger partial charge in [-0.15, -0.1) is 0 Å². The third kappa shape index (κ3) is 3.15. The number of para-hydroxylation sites is 1. The van der Waals surface area contributed by atoms with E-state index in [0.717, 1.165) is 19.3 Å². The van der Waals surface area contributed by atoms with Crippen LogP contribution in [-0.4, -0.2) is 22.5 Å². The minimum atomic E-state index is -1.28. The Hall–Kier alpha value is -2.11. The summed E-state index contributed by atoms with van der Waals surface area (Å²) in [4.78, 5) is 21.7. The zero-order valence-corrected chi connectivity index (χ0v) is 12.1. The molecule has 0 aliphatic heterocycles. The van der Waals surface area contributed by atoms with Crippen LogP contribution in [0.25, 0.3) is 0 Å². The molecular weight excluding hydrogens is 272 g/mol. The molecule has 21 heavy (non-hydrogen) atoms. The molecule has 0 amide bonds. The van der Waals surface area contributed by atoms with Crippen LogP contribution in [0.2, 0.25) is 0 Å². The van der Waals surface area contributed by atoms with E-state index in [1.165, 1.54) is 25.0 Å². The van der Waals surface area contributed by atoms with E-state index in [1.54, 1.807) is 6.07 Å². The van der Waals surface area contributed by atoms with Crippen molar-refractivity contribution in [3.8, 4) is 0 Å². The standard InChI is InChI=1S/C15H20N2O4/c1-2-15(8-3-4-9-15)10-16-12-7-5-6-11(14(18)19)13(12)17(20)21/h5-7,16H,2-4,8-10H2,1H3,(H,18,19). The van der Waals surface area contributed by atoms with Crippen molar-refractivity contribution in [3.63, 3.8) is 0 Å². The van der Waals surface area contributed by atoms with Gasteiger partial charge in [0.05, 0.1) is 4.92 Å².